The topological polar surface area (TPSA) is 133 Å². The number of hydrogen-bond acceptors (Lipinski definition) is 6. The van der Waals surface area contributed by atoms with Crippen molar-refractivity contribution in [1.82, 2.24) is 9.97 Å². The summed E-state index contributed by atoms with van der Waals surface area (Å²) < 4.78 is 0. The first-order chi connectivity index (χ1) is 10.5. The minimum absolute atomic E-state index is 0.0568. The summed E-state index contributed by atoms with van der Waals surface area (Å²) in [7, 11) is 0. The second-order valence-electron chi connectivity index (χ2n) is 4.50. The molecular formula is C14H11N5O3. The predicted molar refractivity (Wildman–Crippen MR) is 81.3 cm³/mol. The zero-order valence-electron chi connectivity index (χ0n) is 11.2. The highest BCUT2D eigenvalue weighted by Gasteiger charge is 2.22. The van der Waals surface area contributed by atoms with Gasteiger partial charge < -0.3 is 16.2 Å². The van der Waals surface area contributed by atoms with Crippen molar-refractivity contribution < 1.29 is 9.90 Å². The molecule has 0 spiro atoms. The van der Waals surface area contributed by atoms with Gasteiger partial charge in [-0.3, -0.25) is 9.78 Å². The summed E-state index contributed by atoms with van der Waals surface area (Å²) >= 11 is 0. The average molecular weight is 297 g/mol. The molecule has 1 aliphatic heterocycles. The van der Waals surface area contributed by atoms with Crippen LogP contribution in [0.2, 0.25) is 0 Å². The number of nitrogens with one attached hydrogen (secondary N) is 2. The highest BCUT2D eigenvalue weighted by Crippen LogP contribution is 2.28. The van der Waals surface area contributed by atoms with Crippen LogP contribution in [0.25, 0.3) is 0 Å². The fraction of sp³-hybridized carbons (Fsp3) is 0. The molecule has 1 aliphatic rings. The Morgan fingerprint density at radius 3 is 2.68 bits per heavy atom. The number of hydrogen-bond donors (Lipinski definition) is 4. The van der Waals surface area contributed by atoms with Crippen molar-refractivity contribution in [2.24, 2.45) is 4.99 Å². The summed E-state index contributed by atoms with van der Waals surface area (Å²) in [6, 6.07) is 8.97. The number of aliphatic carboxylic acids is 1. The number of fused-ring (bicyclic) bond motifs is 1. The molecule has 1 aromatic carbocycles. The number of H-pyrrole nitrogens is 1. The fourth-order valence-electron chi connectivity index (χ4n) is 2.08. The standard InChI is InChI=1S/C14H11N5O3/c15-14-18-12-11(13(22)19-14)16-8(6-9(20)21)10(17-12)7-4-2-1-3-5-7/h1-6,16H,(H,20,21)(H3,15,18,19,22)/b8-6-. The smallest absolute Gasteiger partial charge is 0.330 e. The van der Waals surface area contributed by atoms with Gasteiger partial charge in [0.1, 0.15) is 0 Å². The van der Waals surface area contributed by atoms with Gasteiger partial charge in [0.15, 0.2) is 11.5 Å². The Morgan fingerprint density at radius 2 is 2.00 bits per heavy atom. The van der Waals surface area contributed by atoms with E-state index in [9.17, 15) is 9.59 Å². The number of carboxylic acid groups (broad SMARTS) is 1. The van der Waals surface area contributed by atoms with Gasteiger partial charge in [0.2, 0.25) is 5.95 Å². The molecule has 0 fully saturated rings. The van der Waals surface area contributed by atoms with E-state index >= 15 is 0 Å². The third-order valence-electron chi connectivity index (χ3n) is 2.97. The molecule has 0 aliphatic carbocycles. The van der Waals surface area contributed by atoms with Crippen LogP contribution in [-0.4, -0.2) is 26.8 Å². The van der Waals surface area contributed by atoms with Crippen molar-refractivity contribution in [3.8, 4) is 0 Å². The molecule has 22 heavy (non-hydrogen) atoms. The predicted octanol–water partition coefficient (Wildman–Crippen LogP) is 0.867. The molecule has 1 aromatic heterocycles. The van der Waals surface area contributed by atoms with E-state index in [0.717, 1.165) is 6.08 Å². The minimum atomic E-state index is -1.16. The Bertz CT molecular complexity index is 868. The number of nitrogen functional groups attached to an aromatic ring is 1. The number of aliphatic imine (C=N–C) groups is 1. The van der Waals surface area contributed by atoms with Crippen LogP contribution in [0.3, 0.4) is 0 Å². The zero-order chi connectivity index (χ0) is 15.7. The molecule has 8 heteroatoms. The molecule has 5 N–H and O–H groups in total. The van der Waals surface area contributed by atoms with Gasteiger partial charge in [-0.1, -0.05) is 30.3 Å². The normalized spacial score (nSPS) is 14.9. The van der Waals surface area contributed by atoms with E-state index in [4.69, 9.17) is 10.8 Å². The first-order valence-corrected chi connectivity index (χ1v) is 6.30. The van der Waals surface area contributed by atoms with Gasteiger partial charge in [0.25, 0.3) is 5.56 Å². The van der Waals surface area contributed by atoms with Crippen LogP contribution in [0, 0.1) is 0 Å². The van der Waals surface area contributed by atoms with Gasteiger partial charge in [-0.25, -0.2) is 9.79 Å². The molecule has 3 rings (SSSR count). The number of carboxylic acids is 1. The SMILES string of the molecule is Nc1nc2c(c(=O)[nH]1)N/C(=C\C(=O)O)C(c1ccccc1)=N2. The van der Waals surface area contributed by atoms with Crippen molar-refractivity contribution in [2.75, 3.05) is 11.1 Å². The number of aromatic nitrogens is 2. The molecule has 0 unspecified atom stereocenters. The molecule has 0 saturated carbocycles. The van der Waals surface area contributed by atoms with Gasteiger partial charge in [-0.15, -0.1) is 0 Å². The molecule has 110 valence electrons. The van der Waals surface area contributed by atoms with Gasteiger partial charge in [-0.2, -0.15) is 4.98 Å². The second kappa shape index (κ2) is 5.17. The minimum Gasteiger partial charge on any atom is -0.478 e. The van der Waals surface area contributed by atoms with Gasteiger partial charge >= 0.3 is 5.97 Å². The Labute approximate surface area is 124 Å². The van der Waals surface area contributed by atoms with E-state index in [1.807, 2.05) is 6.07 Å². The number of allylic oxidation sites excluding steroid dienone is 1. The lowest BCUT2D eigenvalue weighted by Crippen LogP contribution is -2.25. The maximum Gasteiger partial charge on any atom is 0.330 e. The van der Waals surface area contributed by atoms with Crippen molar-refractivity contribution in [2.45, 2.75) is 0 Å². The van der Waals surface area contributed by atoms with Crippen LogP contribution < -0.4 is 16.6 Å². The highest BCUT2D eigenvalue weighted by molar-refractivity contribution is 6.18. The van der Waals surface area contributed by atoms with Crippen molar-refractivity contribution >= 4 is 29.1 Å². The van der Waals surface area contributed by atoms with Crippen LogP contribution in [0.15, 0.2) is 51.9 Å². The Kier molecular flexibility index (Phi) is 3.18. The Morgan fingerprint density at radius 1 is 1.27 bits per heavy atom. The lowest BCUT2D eigenvalue weighted by atomic mass is 10.1. The molecule has 8 nitrogen and oxygen atoms in total. The number of aromatic amines is 1. The lowest BCUT2D eigenvalue weighted by molar-refractivity contribution is -0.131. The van der Waals surface area contributed by atoms with Crippen LogP contribution in [0.5, 0.6) is 0 Å². The van der Waals surface area contributed by atoms with Gasteiger partial charge in [0, 0.05) is 11.6 Å². The summed E-state index contributed by atoms with van der Waals surface area (Å²) in [6.07, 6.45) is 0.949. The Balaban J connectivity index is 2.24. The number of anilines is 2. The van der Waals surface area contributed by atoms with E-state index in [-0.39, 0.29) is 23.2 Å². The maximum atomic E-state index is 11.9. The maximum absolute atomic E-state index is 11.9. The van der Waals surface area contributed by atoms with E-state index in [0.29, 0.717) is 11.3 Å². The second-order valence-corrected chi connectivity index (χ2v) is 4.50. The van der Waals surface area contributed by atoms with Gasteiger partial charge in [-0.05, 0) is 0 Å². The fourth-order valence-corrected chi connectivity index (χ4v) is 2.08. The summed E-state index contributed by atoms with van der Waals surface area (Å²) in [5.41, 5.74) is 6.30. The monoisotopic (exact) mass is 297 g/mol. The van der Waals surface area contributed by atoms with Crippen LogP contribution in [0.1, 0.15) is 5.56 Å². The third kappa shape index (κ3) is 2.44. The summed E-state index contributed by atoms with van der Waals surface area (Å²) in [4.78, 5) is 33.5. The number of nitrogens with zero attached hydrogens (tertiary/aromatic N) is 2. The Hall–Kier alpha value is -3.42. The third-order valence-corrected chi connectivity index (χ3v) is 2.97. The van der Waals surface area contributed by atoms with Crippen LogP contribution in [0.4, 0.5) is 17.5 Å². The number of carbonyl (C=O) groups is 1. The molecule has 2 heterocycles. The van der Waals surface area contributed by atoms with Gasteiger partial charge in [0.05, 0.1) is 11.4 Å². The molecule has 0 saturated heterocycles. The molecule has 0 atom stereocenters. The number of rotatable bonds is 2. The molecular weight excluding hydrogens is 286 g/mol. The summed E-state index contributed by atoms with van der Waals surface area (Å²) in [5.74, 6) is -1.11. The highest BCUT2D eigenvalue weighted by atomic mass is 16.4. The first-order valence-electron chi connectivity index (χ1n) is 6.30. The van der Waals surface area contributed by atoms with Crippen LogP contribution >= 0.6 is 0 Å². The molecule has 0 amide bonds. The van der Waals surface area contributed by atoms with E-state index in [2.05, 4.69) is 20.3 Å². The summed E-state index contributed by atoms with van der Waals surface area (Å²) in [6.45, 7) is 0. The lowest BCUT2D eigenvalue weighted by Gasteiger charge is -2.19. The van der Waals surface area contributed by atoms with E-state index < -0.39 is 11.5 Å². The first kappa shape index (κ1) is 13.6. The number of nitrogens with two attached hydrogens (primary N) is 1. The molecule has 0 bridgehead atoms. The quantitative estimate of drug-likeness (QED) is 0.608. The van der Waals surface area contributed by atoms with E-state index in [1.54, 1.807) is 24.3 Å². The summed E-state index contributed by atoms with van der Waals surface area (Å²) in [5, 5.41) is 11.8. The van der Waals surface area contributed by atoms with Crippen molar-refractivity contribution in [3.05, 3.63) is 58.0 Å². The molecule has 0 radical (unpaired) electrons. The zero-order valence-corrected chi connectivity index (χ0v) is 11.2. The van der Waals surface area contributed by atoms with Crippen molar-refractivity contribution in [1.29, 1.82) is 0 Å². The average Bonchev–Trinajstić information content (AvgIpc) is 2.47. The van der Waals surface area contributed by atoms with E-state index in [1.165, 1.54) is 0 Å². The largest absolute Gasteiger partial charge is 0.478 e. The number of benzene rings is 1. The molecule has 2 aromatic rings. The van der Waals surface area contributed by atoms with Crippen LogP contribution in [-0.2, 0) is 4.79 Å². The van der Waals surface area contributed by atoms with Crippen molar-refractivity contribution in [3.63, 3.8) is 0 Å².